The number of fused-ring (bicyclic) bond motifs is 1. The molecule has 2 saturated heterocycles. The van der Waals surface area contributed by atoms with Crippen molar-refractivity contribution in [2.24, 2.45) is 7.05 Å². The summed E-state index contributed by atoms with van der Waals surface area (Å²) in [6, 6.07) is 14.0. The van der Waals surface area contributed by atoms with Gasteiger partial charge in [0.25, 0.3) is 11.5 Å². The smallest absolute Gasteiger partial charge is 0.270 e. The Hall–Kier alpha value is -4.34. The van der Waals surface area contributed by atoms with Crippen molar-refractivity contribution in [3.8, 4) is 17.6 Å². The zero-order valence-electron chi connectivity index (χ0n) is 22.9. The van der Waals surface area contributed by atoms with Crippen LogP contribution in [-0.4, -0.2) is 52.7 Å². The Balaban J connectivity index is 1.31. The molecule has 9 nitrogen and oxygen atoms in total. The van der Waals surface area contributed by atoms with Crippen LogP contribution in [0.5, 0.6) is 11.5 Å². The summed E-state index contributed by atoms with van der Waals surface area (Å²) in [5.41, 5.74) is 2.56. The summed E-state index contributed by atoms with van der Waals surface area (Å²) in [5, 5.41) is 9.81. The second-order valence-corrected chi connectivity index (χ2v) is 11.8. The number of amides is 1. The molecule has 0 radical (unpaired) electrons. The Morgan fingerprint density at radius 1 is 1.05 bits per heavy atom. The molecule has 6 rings (SSSR count). The topological polar surface area (TPSA) is 91.0 Å². The van der Waals surface area contributed by atoms with Crippen LogP contribution in [0.4, 0.5) is 15.9 Å². The predicted octanol–water partition coefficient (Wildman–Crippen LogP) is 4.16. The molecule has 4 heterocycles. The molecule has 0 aliphatic carbocycles. The van der Waals surface area contributed by atoms with Gasteiger partial charge >= 0.3 is 0 Å². The number of anilines is 2. The molecule has 0 bridgehead atoms. The third kappa shape index (κ3) is 4.99. The fourth-order valence-electron chi connectivity index (χ4n) is 5.41. The second kappa shape index (κ2) is 11.2. The van der Waals surface area contributed by atoms with E-state index in [0.29, 0.717) is 63.8 Å². The highest BCUT2D eigenvalue weighted by Crippen LogP contribution is 2.38. The van der Waals surface area contributed by atoms with Crippen molar-refractivity contribution in [1.29, 1.82) is 5.26 Å². The number of rotatable bonds is 5. The highest BCUT2D eigenvalue weighted by atomic mass is 32.2. The van der Waals surface area contributed by atoms with Gasteiger partial charge in [0, 0.05) is 44.5 Å². The summed E-state index contributed by atoms with van der Waals surface area (Å²) >= 11 is 6.78. The highest BCUT2D eigenvalue weighted by Gasteiger charge is 2.34. The molecule has 0 atom stereocenters. The monoisotopic (exact) mass is 603 g/mol. The van der Waals surface area contributed by atoms with E-state index in [1.165, 1.54) is 33.4 Å². The Morgan fingerprint density at radius 3 is 2.45 bits per heavy atom. The lowest BCUT2D eigenvalue weighted by Gasteiger charge is -2.38. The van der Waals surface area contributed by atoms with Gasteiger partial charge < -0.3 is 19.3 Å². The van der Waals surface area contributed by atoms with Gasteiger partial charge in [-0.25, -0.2) is 4.39 Å². The molecule has 214 valence electrons. The van der Waals surface area contributed by atoms with E-state index < -0.39 is 5.56 Å². The number of hydrogen-bond acceptors (Lipinski definition) is 9. The van der Waals surface area contributed by atoms with Gasteiger partial charge in [0.1, 0.15) is 27.6 Å². The number of thiocarbonyl (C=S) groups is 1. The van der Waals surface area contributed by atoms with Gasteiger partial charge in [-0.2, -0.15) is 5.26 Å². The maximum Gasteiger partial charge on any atom is 0.270 e. The van der Waals surface area contributed by atoms with Crippen molar-refractivity contribution in [1.82, 2.24) is 9.47 Å². The highest BCUT2D eigenvalue weighted by molar-refractivity contribution is 8.26. The Morgan fingerprint density at radius 2 is 1.74 bits per heavy atom. The molecule has 0 spiro atoms. The van der Waals surface area contributed by atoms with E-state index in [4.69, 9.17) is 21.7 Å². The standard InChI is InChI=1S/C30H26FN5O4S2/c1-18-22(14-26-29(38)36(30(41)42-26)16-19-3-8-24-25(13-19)40-17-39-24)27(33(2)28(37)23(18)15-32)35-11-9-34(10-12-35)21-6-4-20(31)5-7-21/h3-8,13-14H,9-12,16-17H2,1-2H3/b26-14-. The number of nitrogens with zero attached hydrogens (tertiary/aromatic N) is 5. The Bertz CT molecular complexity index is 1740. The fourth-order valence-corrected chi connectivity index (χ4v) is 6.65. The molecule has 2 aromatic carbocycles. The van der Waals surface area contributed by atoms with Crippen LogP contribution in [0.3, 0.4) is 0 Å². The molecule has 0 N–H and O–H groups in total. The molecule has 1 amide bonds. The molecule has 42 heavy (non-hydrogen) atoms. The third-order valence-electron chi connectivity index (χ3n) is 7.67. The van der Waals surface area contributed by atoms with E-state index >= 15 is 0 Å². The van der Waals surface area contributed by atoms with E-state index in [9.17, 15) is 19.2 Å². The fraction of sp³-hybridized carbons (Fsp3) is 0.267. The molecule has 0 saturated carbocycles. The van der Waals surface area contributed by atoms with E-state index in [1.54, 1.807) is 32.2 Å². The normalized spacial score (nSPS) is 17.4. The van der Waals surface area contributed by atoms with Gasteiger partial charge in [0.15, 0.2) is 11.5 Å². The number of ether oxygens (including phenoxy) is 2. The van der Waals surface area contributed by atoms with Crippen LogP contribution >= 0.6 is 24.0 Å². The van der Waals surface area contributed by atoms with Crippen molar-refractivity contribution >= 4 is 51.8 Å². The number of carbonyl (C=O) groups is 1. The van der Waals surface area contributed by atoms with Gasteiger partial charge in [-0.15, -0.1) is 0 Å². The van der Waals surface area contributed by atoms with Gasteiger partial charge in [0.05, 0.1) is 11.4 Å². The first-order valence-electron chi connectivity index (χ1n) is 13.3. The second-order valence-electron chi connectivity index (χ2n) is 10.1. The summed E-state index contributed by atoms with van der Waals surface area (Å²) in [6.45, 7) is 4.63. The van der Waals surface area contributed by atoms with Crippen LogP contribution in [0, 0.1) is 24.1 Å². The molecule has 2 fully saturated rings. The first-order valence-corrected chi connectivity index (χ1v) is 14.5. The summed E-state index contributed by atoms with van der Waals surface area (Å²) in [7, 11) is 1.65. The molecule has 3 aliphatic heterocycles. The van der Waals surface area contributed by atoms with Crippen LogP contribution in [0.25, 0.3) is 6.08 Å². The third-order valence-corrected chi connectivity index (χ3v) is 9.04. The van der Waals surface area contributed by atoms with E-state index in [0.717, 1.165) is 11.3 Å². The summed E-state index contributed by atoms with van der Waals surface area (Å²) < 4.78 is 26.2. The average Bonchev–Trinajstić information content (AvgIpc) is 3.56. The Labute approximate surface area is 251 Å². The minimum atomic E-state index is -0.390. The number of aromatic nitrogens is 1. The van der Waals surface area contributed by atoms with Crippen LogP contribution in [0.15, 0.2) is 52.2 Å². The van der Waals surface area contributed by atoms with Crippen molar-refractivity contribution in [3.63, 3.8) is 0 Å². The van der Waals surface area contributed by atoms with Gasteiger partial charge in [-0.05, 0) is 60.5 Å². The summed E-state index contributed by atoms with van der Waals surface area (Å²) in [4.78, 5) is 33.0. The van der Waals surface area contributed by atoms with Gasteiger partial charge in [-0.3, -0.25) is 19.1 Å². The average molecular weight is 604 g/mol. The van der Waals surface area contributed by atoms with Crippen LogP contribution in [0.1, 0.15) is 22.3 Å². The number of pyridine rings is 1. The number of nitriles is 1. The molecule has 0 unspecified atom stereocenters. The molecular weight excluding hydrogens is 577 g/mol. The van der Waals surface area contributed by atoms with E-state index in [-0.39, 0.29) is 30.6 Å². The number of halogens is 1. The number of carbonyl (C=O) groups excluding carboxylic acids is 1. The van der Waals surface area contributed by atoms with Crippen LogP contribution in [-0.2, 0) is 18.4 Å². The van der Waals surface area contributed by atoms with Crippen molar-refractivity contribution in [2.75, 3.05) is 42.8 Å². The lowest BCUT2D eigenvalue weighted by molar-refractivity contribution is -0.122. The van der Waals surface area contributed by atoms with Gasteiger partial charge in [0.2, 0.25) is 6.79 Å². The van der Waals surface area contributed by atoms with Gasteiger partial charge in [-0.1, -0.05) is 30.0 Å². The van der Waals surface area contributed by atoms with Crippen LogP contribution in [0.2, 0.25) is 0 Å². The lowest BCUT2D eigenvalue weighted by Crippen LogP contribution is -2.48. The summed E-state index contributed by atoms with van der Waals surface area (Å²) in [5.74, 6) is 1.39. The van der Waals surface area contributed by atoms with E-state index in [2.05, 4.69) is 9.80 Å². The zero-order valence-corrected chi connectivity index (χ0v) is 24.6. The number of piperazine rings is 1. The molecule has 3 aliphatic rings. The SMILES string of the molecule is Cc1c(/C=C2\SC(=S)N(Cc3ccc4c(c3)OCO4)C2=O)c(N2CCN(c3ccc(F)cc3)CC2)n(C)c(=O)c1C#N. The molecule has 3 aromatic rings. The minimum Gasteiger partial charge on any atom is -0.454 e. The minimum absolute atomic E-state index is 0.0355. The first-order chi connectivity index (χ1) is 20.2. The number of hydrogen-bond donors (Lipinski definition) is 0. The Kier molecular flexibility index (Phi) is 7.38. The predicted molar refractivity (Wildman–Crippen MR) is 163 cm³/mol. The molecule has 12 heteroatoms. The van der Waals surface area contributed by atoms with Crippen molar-refractivity contribution in [3.05, 3.63) is 85.8 Å². The lowest BCUT2D eigenvalue weighted by atomic mass is 10.0. The zero-order chi connectivity index (χ0) is 29.5. The van der Waals surface area contributed by atoms with Crippen molar-refractivity contribution < 1.29 is 18.7 Å². The number of thioether (sulfide) groups is 1. The van der Waals surface area contributed by atoms with Crippen LogP contribution < -0.4 is 24.8 Å². The number of benzene rings is 2. The van der Waals surface area contributed by atoms with E-state index in [1.807, 2.05) is 24.3 Å². The largest absolute Gasteiger partial charge is 0.454 e. The molecule has 1 aromatic heterocycles. The summed E-state index contributed by atoms with van der Waals surface area (Å²) in [6.07, 6.45) is 1.75. The maximum atomic E-state index is 13.6. The maximum absolute atomic E-state index is 13.6. The van der Waals surface area contributed by atoms with Crippen molar-refractivity contribution in [2.45, 2.75) is 13.5 Å². The first kappa shape index (κ1) is 27.8. The molecular formula is C30H26FN5O4S2. The quantitative estimate of drug-likeness (QED) is 0.315.